The van der Waals surface area contributed by atoms with Gasteiger partial charge in [-0.25, -0.2) is 0 Å². The second-order valence-corrected chi connectivity index (χ2v) is 10.7. The Hall–Kier alpha value is -1.40. The number of carbonyl (C=O) groups is 2. The molecule has 0 heterocycles. The van der Waals surface area contributed by atoms with Gasteiger partial charge >= 0.3 is 11.9 Å². The summed E-state index contributed by atoms with van der Waals surface area (Å²) in [6, 6.07) is 0. The molecule has 0 bridgehead atoms. The lowest BCUT2D eigenvalue weighted by Crippen LogP contribution is -2.66. The molecule has 30 heavy (non-hydrogen) atoms. The number of hydrogen-bond donors (Lipinski definition) is 2. The van der Waals surface area contributed by atoms with Gasteiger partial charge in [0.25, 0.3) is 0 Å². The van der Waals surface area contributed by atoms with Gasteiger partial charge in [0.05, 0.1) is 12.2 Å². The predicted molar refractivity (Wildman–Crippen MR) is 110 cm³/mol. The number of esters is 2. The topological polar surface area (TPSA) is 93.1 Å². The number of hydrogen-bond acceptors (Lipinski definition) is 6. The van der Waals surface area contributed by atoms with Crippen molar-refractivity contribution in [2.75, 3.05) is 0 Å². The summed E-state index contributed by atoms with van der Waals surface area (Å²) in [5.41, 5.74) is 0.997. The van der Waals surface area contributed by atoms with E-state index in [2.05, 4.69) is 20.4 Å². The Morgan fingerprint density at radius 3 is 2.23 bits per heavy atom. The Balaban J connectivity index is 1.69. The van der Waals surface area contributed by atoms with E-state index in [1.54, 1.807) is 0 Å². The second kappa shape index (κ2) is 7.33. The lowest BCUT2D eigenvalue weighted by Gasteiger charge is -2.63. The van der Waals surface area contributed by atoms with Crippen LogP contribution in [0.15, 0.2) is 12.2 Å². The zero-order valence-corrected chi connectivity index (χ0v) is 18.6. The number of fused-ring (bicyclic) bond motifs is 5. The van der Waals surface area contributed by atoms with Gasteiger partial charge in [-0.15, -0.1) is 0 Å². The van der Waals surface area contributed by atoms with E-state index >= 15 is 0 Å². The molecule has 6 nitrogen and oxygen atoms in total. The number of allylic oxidation sites excluding steroid dienone is 1. The molecule has 0 amide bonds. The Labute approximate surface area is 179 Å². The van der Waals surface area contributed by atoms with Crippen LogP contribution in [-0.4, -0.2) is 46.6 Å². The fourth-order valence-corrected chi connectivity index (χ4v) is 7.83. The average molecular weight is 421 g/mol. The smallest absolute Gasteiger partial charge is 0.303 e. The molecule has 0 aromatic heterocycles. The van der Waals surface area contributed by atoms with Gasteiger partial charge in [0.1, 0.15) is 12.2 Å². The van der Waals surface area contributed by atoms with Crippen LogP contribution in [-0.2, 0) is 19.1 Å². The molecular weight excluding hydrogens is 384 g/mol. The van der Waals surface area contributed by atoms with Crippen LogP contribution in [0.5, 0.6) is 0 Å². The molecule has 10 atom stereocenters. The molecule has 0 radical (unpaired) electrons. The van der Waals surface area contributed by atoms with Crippen LogP contribution in [0, 0.1) is 34.5 Å². The maximum atomic E-state index is 11.8. The average Bonchev–Trinajstić information content (AvgIpc) is 2.95. The molecule has 4 saturated carbocycles. The van der Waals surface area contributed by atoms with E-state index in [1.807, 2.05) is 0 Å². The first kappa shape index (κ1) is 21.8. The molecule has 4 aliphatic carbocycles. The van der Waals surface area contributed by atoms with Gasteiger partial charge in [0, 0.05) is 13.8 Å². The molecule has 0 aromatic rings. The number of aliphatic hydroxyl groups excluding tert-OH is 2. The third kappa shape index (κ3) is 3.13. The third-order valence-electron chi connectivity index (χ3n) is 9.31. The maximum absolute atomic E-state index is 11.8. The Morgan fingerprint density at radius 1 is 0.967 bits per heavy atom. The van der Waals surface area contributed by atoms with E-state index in [0.29, 0.717) is 18.8 Å². The summed E-state index contributed by atoms with van der Waals surface area (Å²) in [6.45, 7) is 11.5. The van der Waals surface area contributed by atoms with Gasteiger partial charge in [-0.05, 0) is 73.0 Å². The van der Waals surface area contributed by atoms with E-state index in [0.717, 1.165) is 25.7 Å². The molecule has 4 rings (SSSR count). The highest BCUT2D eigenvalue weighted by Gasteiger charge is 2.65. The first-order chi connectivity index (χ1) is 14.0. The number of rotatable bonds is 2. The predicted octanol–water partition coefficient (Wildman–Crippen LogP) is 3.00. The van der Waals surface area contributed by atoms with Crippen LogP contribution in [0.2, 0.25) is 0 Å². The molecular formula is C24H36O6. The first-order valence-electron chi connectivity index (χ1n) is 11.4. The van der Waals surface area contributed by atoms with Crippen LogP contribution in [0.4, 0.5) is 0 Å². The summed E-state index contributed by atoms with van der Waals surface area (Å²) in [6.07, 6.45) is 2.10. The van der Waals surface area contributed by atoms with Crippen molar-refractivity contribution in [3.63, 3.8) is 0 Å². The van der Waals surface area contributed by atoms with Gasteiger partial charge in [0.15, 0.2) is 0 Å². The van der Waals surface area contributed by atoms with Crippen molar-refractivity contribution in [1.82, 2.24) is 0 Å². The lowest BCUT2D eigenvalue weighted by atomic mass is 9.43. The Kier molecular flexibility index (Phi) is 5.33. The first-order valence-corrected chi connectivity index (χ1v) is 11.4. The van der Waals surface area contributed by atoms with Crippen molar-refractivity contribution >= 4 is 11.9 Å². The monoisotopic (exact) mass is 420 g/mol. The van der Waals surface area contributed by atoms with Crippen molar-refractivity contribution in [3.05, 3.63) is 12.2 Å². The molecule has 6 heteroatoms. The van der Waals surface area contributed by atoms with E-state index in [9.17, 15) is 19.8 Å². The SMILES string of the molecule is C=C1CCC2C3C(CC[C@]12C)[C@@]1(C)C[C@@H](OC(C)=O)[C@@H](OC(C)=O)CC1[C@@H](O)[C@@H]3O. The van der Waals surface area contributed by atoms with E-state index in [1.165, 1.54) is 19.4 Å². The Bertz CT molecular complexity index is 748. The van der Waals surface area contributed by atoms with E-state index in [-0.39, 0.29) is 28.6 Å². The largest absolute Gasteiger partial charge is 0.459 e. The molecule has 4 fully saturated rings. The summed E-state index contributed by atoms with van der Waals surface area (Å²) in [7, 11) is 0. The van der Waals surface area contributed by atoms with Crippen LogP contribution in [0.3, 0.4) is 0 Å². The van der Waals surface area contributed by atoms with Crippen LogP contribution < -0.4 is 0 Å². The highest BCUT2D eigenvalue weighted by molar-refractivity contribution is 5.67. The standard InChI is InChI=1S/C24H36O6/c1-12-6-7-15-20-16(8-9-23(12,15)4)24(5)11-19(30-14(3)26)18(29-13(2)25)10-17(24)21(27)22(20)28/h15-22,27-28H,1,6-11H2,2-5H3/t15?,16?,17?,18-,19+,20?,21+,22+,23+,24+/m0/s1. The Morgan fingerprint density at radius 2 is 1.60 bits per heavy atom. The molecule has 2 N–H and O–H groups in total. The minimum atomic E-state index is -0.885. The number of ether oxygens (including phenoxy) is 2. The van der Waals surface area contributed by atoms with Crippen molar-refractivity contribution in [3.8, 4) is 0 Å². The van der Waals surface area contributed by atoms with Gasteiger partial charge in [-0.1, -0.05) is 26.0 Å². The number of aliphatic hydroxyl groups is 2. The summed E-state index contributed by atoms with van der Waals surface area (Å²) in [5.74, 6) is -0.495. The minimum absolute atomic E-state index is 0.00232. The second-order valence-electron chi connectivity index (χ2n) is 10.7. The van der Waals surface area contributed by atoms with Crippen molar-refractivity contribution in [2.24, 2.45) is 34.5 Å². The molecule has 0 aromatic carbocycles. The van der Waals surface area contributed by atoms with Crippen LogP contribution in [0.1, 0.15) is 66.2 Å². The van der Waals surface area contributed by atoms with Crippen molar-refractivity contribution in [1.29, 1.82) is 0 Å². The molecule has 0 spiro atoms. The summed E-state index contributed by atoms with van der Waals surface area (Å²) in [5, 5.41) is 22.5. The quantitative estimate of drug-likeness (QED) is 0.527. The van der Waals surface area contributed by atoms with Gasteiger partial charge in [-0.2, -0.15) is 0 Å². The molecule has 4 aliphatic rings. The maximum Gasteiger partial charge on any atom is 0.303 e. The molecule has 0 saturated heterocycles. The van der Waals surface area contributed by atoms with Crippen molar-refractivity contribution < 1.29 is 29.3 Å². The van der Waals surface area contributed by atoms with Crippen LogP contribution in [0.25, 0.3) is 0 Å². The van der Waals surface area contributed by atoms with E-state index < -0.39 is 36.4 Å². The molecule has 4 unspecified atom stereocenters. The fraction of sp³-hybridized carbons (Fsp3) is 0.833. The zero-order valence-electron chi connectivity index (χ0n) is 18.6. The van der Waals surface area contributed by atoms with Gasteiger partial charge < -0.3 is 19.7 Å². The minimum Gasteiger partial charge on any atom is -0.459 e. The van der Waals surface area contributed by atoms with Gasteiger partial charge in [0.2, 0.25) is 0 Å². The normalized spacial score (nSPS) is 50.1. The van der Waals surface area contributed by atoms with Crippen molar-refractivity contribution in [2.45, 2.75) is 90.6 Å². The highest BCUT2D eigenvalue weighted by Crippen LogP contribution is 2.67. The molecule has 0 aliphatic heterocycles. The lowest BCUT2D eigenvalue weighted by molar-refractivity contribution is -0.239. The number of carbonyl (C=O) groups excluding carboxylic acids is 2. The zero-order chi connectivity index (χ0) is 22.0. The molecule has 168 valence electrons. The van der Waals surface area contributed by atoms with Gasteiger partial charge in [-0.3, -0.25) is 9.59 Å². The summed E-state index contributed by atoms with van der Waals surface area (Å²) < 4.78 is 11.1. The highest BCUT2D eigenvalue weighted by atomic mass is 16.6. The van der Waals surface area contributed by atoms with Crippen LogP contribution >= 0.6 is 0 Å². The van der Waals surface area contributed by atoms with E-state index in [4.69, 9.17) is 9.47 Å². The third-order valence-corrected chi connectivity index (χ3v) is 9.31. The summed E-state index contributed by atoms with van der Waals surface area (Å²) in [4.78, 5) is 23.4. The fourth-order valence-electron chi connectivity index (χ4n) is 7.83. The summed E-state index contributed by atoms with van der Waals surface area (Å²) >= 11 is 0.